The van der Waals surface area contributed by atoms with E-state index in [9.17, 15) is 0 Å². The Balaban J connectivity index is 2.21. The highest BCUT2D eigenvalue weighted by atomic mass is 15.0. The standard InChI is InChI=1S/C15H22N2/c1-5-11(2)16-13-6-7-14-12(10-13)8-9-15(3,4)17-14/h6-11,16-17H,5H2,1-4H3. The third-order valence-corrected chi connectivity index (χ3v) is 3.21. The molecule has 0 fully saturated rings. The number of hydrogen-bond donors (Lipinski definition) is 2. The normalized spacial score (nSPS) is 18.1. The van der Waals surface area contributed by atoms with Crippen molar-refractivity contribution in [3.05, 3.63) is 29.8 Å². The second kappa shape index (κ2) is 4.44. The summed E-state index contributed by atoms with van der Waals surface area (Å²) in [7, 11) is 0. The third-order valence-electron chi connectivity index (χ3n) is 3.21. The fraction of sp³-hybridized carbons (Fsp3) is 0.467. The number of fused-ring (bicyclic) bond motifs is 1. The predicted octanol–water partition coefficient (Wildman–Crippen LogP) is 4.11. The van der Waals surface area contributed by atoms with Crippen LogP contribution in [0, 0.1) is 0 Å². The molecule has 0 radical (unpaired) electrons. The zero-order valence-electron chi connectivity index (χ0n) is 11.2. The van der Waals surface area contributed by atoms with Gasteiger partial charge in [-0.25, -0.2) is 0 Å². The van der Waals surface area contributed by atoms with Crippen LogP contribution in [-0.2, 0) is 0 Å². The van der Waals surface area contributed by atoms with Gasteiger partial charge in [-0.1, -0.05) is 19.1 Å². The maximum absolute atomic E-state index is 3.52. The maximum atomic E-state index is 3.52. The summed E-state index contributed by atoms with van der Waals surface area (Å²) in [6, 6.07) is 7.03. The molecular formula is C15H22N2. The summed E-state index contributed by atoms with van der Waals surface area (Å²) in [6.07, 6.45) is 5.55. The Morgan fingerprint density at radius 2 is 2.12 bits per heavy atom. The number of benzene rings is 1. The van der Waals surface area contributed by atoms with E-state index in [0.29, 0.717) is 6.04 Å². The summed E-state index contributed by atoms with van der Waals surface area (Å²) >= 11 is 0. The molecule has 1 aromatic carbocycles. The third kappa shape index (κ3) is 2.82. The summed E-state index contributed by atoms with van der Waals surface area (Å²) in [5, 5.41) is 7.02. The van der Waals surface area contributed by atoms with Crippen LogP contribution in [-0.4, -0.2) is 11.6 Å². The Kier molecular flexibility index (Phi) is 3.14. The van der Waals surface area contributed by atoms with E-state index in [1.807, 2.05) is 0 Å². The van der Waals surface area contributed by atoms with Crippen LogP contribution in [0.3, 0.4) is 0 Å². The first-order valence-electron chi connectivity index (χ1n) is 6.38. The molecule has 0 saturated carbocycles. The van der Waals surface area contributed by atoms with Gasteiger partial charge in [0, 0.05) is 17.4 Å². The van der Waals surface area contributed by atoms with E-state index in [0.717, 1.165) is 6.42 Å². The lowest BCUT2D eigenvalue weighted by Crippen LogP contribution is -2.30. The van der Waals surface area contributed by atoms with Gasteiger partial charge in [0.25, 0.3) is 0 Å². The molecule has 2 heteroatoms. The molecule has 17 heavy (non-hydrogen) atoms. The van der Waals surface area contributed by atoms with Gasteiger partial charge in [0.15, 0.2) is 0 Å². The monoisotopic (exact) mass is 230 g/mol. The van der Waals surface area contributed by atoms with Crippen molar-refractivity contribution in [3.63, 3.8) is 0 Å². The van der Waals surface area contributed by atoms with Crippen molar-refractivity contribution >= 4 is 17.5 Å². The van der Waals surface area contributed by atoms with Crippen LogP contribution in [0.5, 0.6) is 0 Å². The van der Waals surface area contributed by atoms with Gasteiger partial charge in [0.05, 0.1) is 5.54 Å². The van der Waals surface area contributed by atoms with Crippen LogP contribution in [0.1, 0.15) is 39.7 Å². The van der Waals surface area contributed by atoms with Crippen molar-refractivity contribution < 1.29 is 0 Å². The zero-order chi connectivity index (χ0) is 12.5. The van der Waals surface area contributed by atoms with Crippen molar-refractivity contribution in [2.45, 2.75) is 45.7 Å². The lowest BCUT2D eigenvalue weighted by molar-refractivity contribution is 0.711. The van der Waals surface area contributed by atoms with E-state index in [4.69, 9.17) is 0 Å². The van der Waals surface area contributed by atoms with Gasteiger partial charge in [0.2, 0.25) is 0 Å². The fourth-order valence-electron chi connectivity index (χ4n) is 1.98. The predicted molar refractivity (Wildman–Crippen MR) is 76.6 cm³/mol. The van der Waals surface area contributed by atoms with Gasteiger partial charge in [-0.2, -0.15) is 0 Å². The molecule has 92 valence electrons. The van der Waals surface area contributed by atoms with E-state index in [-0.39, 0.29) is 5.54 Å². The van der Waals surface area contributed by atoms with Crippen molar-refractivity contribution in [3.8, 4) is 0 Å². The highest BCUT2D eigenvalue weighted by Gasteiger charge is 2.18. The second-order valence-electron chi connectivity index (χ2n) is 5.44. The van der Waals surface area contributed by atoms with E-state index in [2.05, 4.69) is 68.7 Å². The molecule has 1 atom stereocenters. The van der Waals surface area contributed by atoms with Crippen LogP contribution in [0.4, 0.5) is 11.4 Å². The molecule has 0 amide bonds. The van der Waals surface area contributed by atoms with Gasteiger partial charge in [-0.05, 0) is 51.0 Å². The Labute approximate surface area is 104 Å². The number of rotatable bonds is 3. The van der Waals surface area contributed by atoms with Crippen LogP contribution in [0.25, 0.3) is 6.08 Å². The van der Waals surface area contributed by atoms with E-state index >= 15 is 0 Å². The minimum Gasteiger partial charge on any atom is -0.383 e. The molecular weight excluding hydrogens is 208 g/mol. The van der Waals surface area contributed by atoms with Gasteiger partial charge in [-0.15, -0.1) is 0 Å². The average Bonchev–Trinajstić information content (AvgIpc) is 2.28. The van der Waals surface area contributed by atoms with Crippen LogP contribution in [0.2, 0.25) is 0 Å². The fourth-order valence-corrected chi connectivity index (χ4v) is 1.98. The molecule has 2 N–H and O–H groups in total. The minimum absolute atomic E-state index is 0.0542. The Morgan fingerprint density at radius 3 is 2.82 bits per heavy atom. The number of hydrogen-bond acceptors (Lipinski definition) is 2. The van der Waals surface area contributed by atoms with E-state index < -0.39 is 0 Å². The summed E-state index contributed by atoms with van der Waals surface area (Å²) in [5.74, 6) is 0. The van der Waals surface area contributed by atoms with Crippen molar-refractivity contribution in [1.82, 2.24) is 0 Å². The Morgan fingerprint density at radius 1 is 1.35 bits per heavy atom. The largest absolute Gasteiger partial charge is 0.383 e. The molecule has 0 spiro atoms. The van der Waals surface area contributed by atoms with Gasteiger partial charge in [-0.3, -0.25) is 0 Å². The first kappa shape index (κ1) is 12.0. The van der Waals surface area contributed by atoms with Gasteiger partial charge in [0.1, 0.15) is 0 Å². The molecule has 1 unspecified atom stereocenters. The summed E-state index contributed by atoms with van der Waals surface area (Å²) in [5.41, 5.74) is 3.73. The molecule has 0 aromatic heterocycles. The van der Waals surface area contributed by atoms with Crippen LogP contribution >= 0.6 is 0 Å². The van der Waals surface area contributed by atoms with Crippen molar-refractivity contribution in [2.75, 3.05) is 10.6 Å². The van der Waals surface area contributed by atoms with Crippen LogP contribution in [0.15, 0.2) is 24.3 Å². The molecule has 0 saturated heterocycles. The first-order valence-corrected chi connectivity index (χ1v) is 6.38. The highest BCUT2D eigenvalue weighted by molar-refractivity contribution is 5.75. The lowest BCUT2D eigenvalue weighted by atomic mass is 9.96. The smallest absolute Gasteiger partial charge is 0.0503 e. The molecule has 0 aliphatic carbocycles. The molecule has 2 nitrogen and oxygen atoms in total. The SMILES string of the molecule is CCC(C)Nc1ccc2c(c1)C=CC(C)(C)N2. The van der Waals surface area contributed by atoms with Crippen molar-refractivity contribution in [1.29, 1.82) is 0 Å². The van der Waals surface area contributed by atoms with Crippen molar-refractivity contribution in [2.24, 2.45) is 0 Å². The summed E-state index contributed by atoms with van der Waals surface area (Å²) < 4.78 is 0. The maximum Gasteiger partial charge on any atom is 0.0503 e. The molecule has 0 bridgehead atoms. The topological polar surface area (TPSA) is 24.1 Å². The molecule has 1 aromatic rings. The minimum atomic E-state index is 0.0542. The van der Waals surface area contributed by atoms with E-state index in [1.165, 1.54) is 16.9 Å². The second-order valence-corrected chi connectivity index (χ2v) is 5.44. The Hall–Kier alpha value is -1.44. The lowest BCUT2D eigenvalue weighted by Gasteiger charge is -2.29. The first-order chi connectivity index (χ1) is 8.00. The molecule has 2 rings (SSSR count). The summed E-state index contributed by atoms with van der Waals surface area (Å²) in [4.78, 5) is 0. The van der Waals surface area contributed by atoms with Gasteiger partial charge < -0.3 is 10.6 Å². The van der Waals surface area contributed by atoms with E-state index in [1.54, 1.807) is 0 Å². The zero-order valence-corrected chi connectivity index (χ0v) is 11.2. The highest BCUT2D eigenvalue weighted by Crippen LogP contribution is 2.30. The number of anilines is 2. The summed E-state index contributed by atoms with van der Waals surface area (Å²) in [6.45, 7) is 8.76. The van der Waals surface area contributed by atoms with Gasteiger partial charge >= 0.3 is 0 Å². The van der Waals surface area contributed by atoms with Crippen LogP contribution < -0.4 is 10.6 Å². The molecule has 1 heterocycles. The molecule has 1 aliphatic rings. The Bertz CT molecular complexity index is 433. The quantitative estimate of drug-likeness (QED) is 0.816. The number of nitrogens with one attached hydrogen (secondary N) is 2. The average molecular weight is 230 g/mol. The molecule has 1 aliphatic heterocycles.